The average Bonchev–Trinajstić information content (AvgIpc) is 3.31. The molecule has 2 heterocycles. The molecule has 2 aromatic rings. The normalized spacial score (nSPS) is 18.5. The minimum atomic E-state index is -0.189. The highest BCUT2D eigenvalue weighted by molar-refractivity contribution is 5.89. The Hall–Kier alpha value is -2.73. The Morgan fingerprint density at radius 1 is 1.15 bits per heavy atom. The van der Waals surface area contributed by atoms with E-state index < -0.39 is 0 Å². The van der Waals surface area contributed by atoms with Gasteiger partial charge in [-0.25, -0.2) is 4.79 Å². The molecule has 4 rings (SSSR count). The zero-order chi connectivity index (χ0) is 18.6. The third-order valence-electron chi connectivity index (χ3n) is 5.08. The van der Waals surface area contributed by atoms with Crippen molar-refractivity contribution in [3.8, 4) is 11.5 Å². The number of fused-ring (bicyclic) bond motifs is 1. The van der Waals surface area contributed by atoms with Crippen molar-refractivity contribution in [1.29, 1.82) is 0 Å². The quantitative estimate of drug-likeness (QED) is 0.851. The fourth-order valence-electron chi connectivity index (χ4n) is 3.56. The SMILES string of the molecule is Cc1ccc(CN2CC[C@H](CNC(=O)Nc3ccc4c(c3)OCO4)C2)cc1. The first-order chi connectivity index (χ1) is 13.2. The molecule has 0 saturated carbocycles. The highest BCUT2D eigenvalue weighted by atomic mass is 16.7. The molecule has 2 amide bonds. The monoisotopic (exact) mass is 367 g/mol. The highest BCUT2D eigenvalue weighted by Gasteiger charge is 2.23. The van der Waals surface area contributed by atoms with Crippen LogP contribution in [0.3, 0.4) is 0 Å². The number of anilines is 1. The zero-order valence-corrected chi connectivity index (χ0v) is 15.5. The van der Waals surface area contributed by atoms with Crippen LogP contribution in [-0.2, 0) is 6.54 Å². The lowest BCUT2D eigenvalue weighted by atomic mass is 10.1. The summed E-state index contributed by atoms with van der Waals surface area (Å²) in [5, 5.41) is 5.84. The molecule has 1 saturated heterocycles. The van der Waals surface area contributed by atoms with Gasteiger partial charge >= 0.3 is 6.03 Å². The number of urea groups is 1. The Bertz CT molecular complexity index is 807. The van der Waals surface area contributed by atoms with Gasteiger partial charge in [-0.2, -0.15) is 0 Å². The molecule has 6 nitrogen and oxygen atoms in total. The van der Waals surface area contributed by atoms with Gasteiger partial charge in [-0.1, -0.05) is 29.8 Å². The third kappa shape index (κ3) is 4.52. The lowest BCUT2D eigenvalue weighted by Gasteiger charge is -2.16. The minimum Gasteiger partial charge on any atom is -0.454 e. The Balaban J connectivity index is 1.21. The summed E-state index contributed by atoms with van der Waals surface area (Å²) in [5.74, 6) is 1.86. The molecule has 142 valence electrons. The number of rotatable bonds is 5. The number of amides is 2. The Morgan fingerprint density at radius 3 is 2.81 bits per heavy atom. The van der Waals surface area contributed by atoms with Crippen LogP contribution in [0, 0.1) is 12.8 Å². The van der Waals surface area contributed by atoms with E-state index in [-0.39, 0.29) is 12.8 Å². The number of carbonyl (C=O) groups excluding carboxylic acids is 1. The van der Waals surface area contributed by atoms with Crippen molar-refractivity contribution in [2.45, 2.75) is 19.9 Å². The molecule has 0 spiro atoms. The molecule has 2 N–H and O–H groups in total. The van der Waals surface area contributed by atoms with Gasteiger partial charge in [-0.3, -0.25) is 4.90 Å². The summed E-state index contributed by atoms with van der Waals surface area (Å²) in [6, 6.07) is 13.9. The van der Waals surface area contributed by atoms with Crippen LogP contribution >= 0.6 is 0 Å². The summed E-state index contributed by atoms with van der Waals surface area (Å²) in [5.41, 5.74) is 3.33. The summed E-state index contributed by atoms with van der Waals surface area (Å²) < 4.78 is 10.6. The van der Waals surface area contributed by atoms with Gasteiger partial charge in [0.05, 0.1) is 0 Å². The second-order valence-electron chi connectivity index (χ2n) is 7.28. The van der Waals surface area contributed by atoms with Crippen molar-refractivity contribution < 1.29 is 14.3 Å². The van der Waals surface area contributed by atoms with Crippen LogP contribution in [0.5, 0.6) is 11.5 Å². The van der Waals surface area contributed by atoms with Crippen LogP contribution in [0.15, 0.2) is 42.5 Å². The van der Waals surface area contributed by atoms with Crippen molar-refractivity contribution >= 4 is 11.7 Å². The van der Waals surface area contributed by atoms with Gasteiger partial charge in [0.2, 0.25) is 6.79 Å². The number of aryl methyl sites for hydroxylation is 1. The third-order valence-corrected chi connectivity index (χ3v) is 5.08. The first-order valence-corrected chi connectivity index (χ1v) is 9.38. The highest BCUT2D eigenvalue weighted by Crippen LogP contribution is 2.34. The minimum absolute atomic E-state index is 0.189. The molecule has 6 heteroatoms. The van der Waals surface area contributed by atoms with Crippen molar-refractivity contribution in [3.63, 3.8) is 0 Å². The standard InChI is InChI=1S/C21H25N3O3/c1-15-2-4-16(5-3-15)12-24-9-8-17(13-24)11-22-21(25)23-18-6-7-19-20(10-18)27-14-26-19/h2-7,10,17H,8-9,11-14H2,1H3,(H2,22,23,25)/t17-/m1/s1. The van der Waals surface area contributed by atoms with Gasteiger partial charge in [0, 0.05) is 31.4 Å². The summed E-state index contributed by atoms with van der Waals surface area (Å²) in [6.45, 7) is 6.07. The number of hydrogen-bond donors (Lipinski definition) is 2. The van der Waals surface area contributed by atoms with Crippen LogP contribution in [0.1, 0.15) is 17.5 Å². The van der Waals surface area contributed by atoms with E-state index in [1.54, 1.807) is 12.1 Å². The molecule has 2 aliphatic rings. The van der Waals surface area contributed by atoms with Crippen LogP contribution in [0.25, 0.3) is 0 Å². The number of carbonyl (C=O) groups is 1. The fraction of sp³-hybridized carbons (Fsp3) is 0.381. The van der Waals surface area contributed by atoms with E-state index in [9.17, 15) is 4.79 Å². The molecule has 1 fully saturated rings. The molecular formula is C21H25N3O3. The summed E-state index contributed by atoms with van der Waals surface area (Å²) in [7, 11) is 0. The first-order valence-electron chi connectivity index (χ1n) is 9.38. The van der Waals surface area contributed by atoms with Crippen LogP contribution in [-0.4, -0.2) is 37.4 Å². The van der Waals surface area contributed by atoms with E-state index >= 15 is 0 Å². The second-order valence-corrected chi connectivity index (χ2v) is 7.28. The van der Waals surface area contributed by atoms with E-state index in [1.807, 2.05) is 6.07 Å². The fourth-order valence-corrected chi connectivity index (χ4v) is 3.56. The number of likely N-dealkylation sites (tertiary alicyclic amines) is 1. The maximum atomic E-state index is 12.2. The second kappa shape index (κ2) is 7.88. The predicted molar refractivity (Wildman–Crippen MR) is 104 cm³/mol. The lowest BCUT2D eigenvalue weighted by Crippen LogP contribution is -2.34. The van der Waals surface area contributed by atoms with Crippen molar-refractivity contribution in [2.75, 3.05) is 31.7 Å². The van der Waals surface area contributed by atoms with Crippen molar-refractivity contribution in [1.82, 2.24) is 10.2 Å². The predicted octanol–water partition coefficient (Wildman–Crippen LogP) is 3.37. The Morgan fingerprint density at radius 2 is 1.96 bits per heavy atom. The van der Waals surface area contributed by atoms with E-state index in [1.165, 1.54) is 11.1 Å². The van der Waals surface area contributed by atoms with Gasteiger partial charge in [-0.05, 0) is 43.5 Å². The van der Waals surface area contributed by atoms with Crippen molar-refractivity contribution in [3.05, 3.63) is 53.6 Å². The Labute approximate surface area is 159 Å². The summed E-state index contributed by atoms with van der Waals surface area (Å²) >= 11 is 0. The lowest BCUT2D eigenvalue weighted by molar-refractivity contribution is 0.174. The zero-order valence-electron chi connectivity index (χ0n) is 15.5. The van der Waals surface area contributed by atoms with Crippen molar-refractivity contribution in [2.24, 2.45) is 5.92 Å². The maximum Gasteiger partial charge on any atom is 0.319 e. The Kier molecular flexibility index (Phi) is 5.16. The van der Waals surface area contributed by atoms with Gasteiger partial charge in [0.15, 0.2) is 11.5 Å². The molecule has 0 unspecified atom stereocenters. The van der Waals surface area contributed by atoms with E-state index in [4.69, 9.17) is 9.47 Å². The van der Waals surface area contributed by atoms with E-state index in [0.29, 0.717) is 29.6 Å². The number of hydrogen-bond acceptors (Lipinski definition) is 4. The van der Waals surface area contributed by atoms with Gasteiger partial charge in [0.1, 0.15) is 0 Å². The van der Waals surface area contributed by atoms with Gasteiger partial charge in [-0.15, -0.1) is 0 Å². The largest absolute Gasteiger partial charge is 0.454 e. The molecular weight excluding hydrogens is 342 g/mol. The van der Waals surface area contributed by atoms with Gasteiger partial charge in [0.25, 0.3) is 0 Å². The average molecular weight is 367 g/mol. The number of nitrogens with zero attached hydrogens (tertiary/aromatic N) is 1. The van der Waals surface area contributed by atoms with Crippen LogP contribution in [0.2, 0.25) is 0 Å². The molecule has 2 aliphatic heterocycles. The molecule has 27 heavy (non-hydrogen) atoms. The molecule has 0 aromatic heterocycles. The molecule has 1 atom stereocenters. The molecule has 2 aromatic carbocycles. The molecule has 0 aliphatic carbocycles. The summed E-state index contributed by atoms with van der Waals surface area (Å²) in [6.07, 6.45) is 1.11. The summed E-state index contributed by atoms with van der Waals surface area (Å²) in [4.78, 5) is 14.6. The van der Waals surface area contributed by atoms with Crippen LogP contribution in [0.4, 0.5) is 10.5 Å². The smallest absolute Gasteiger partial charge is 0.319 e. The van der Waals surface area contributed by atoms with E-state index in [2.05, 4.69) is 46.7 Å². The van der Waals surface area contributed by atoms with Crippen LogP contribution < -0.4 is 20.1 Å². The topological polar surface area (TPSA) is 62.8 Å². The number of ether oxygens (including phenoxy) is 2. The number of nitrogens with one attached hydrogen (secondary N) is 2. The number of benzene rings is 2. The maximum absolute atomic E-state index is 12.2. The molecule has 0 bridgehead atoms. The first kappa shape index (κ1) is 17.7. The van der Waals surface area contributed by atoms with Gasteiger partial charge < -0.3 is 20.1 Å². The molecule has 0 radical (unpaired) electrons. The van der Waals surface area contributed by atoms with E-state index in [0.717, 1.165) is 26.1 Å².